The van der Waals surface area contributed by atoms with Gasteiger partial charge < -0.3 is 9.15 Å². The zero-order chi connectivity index (χ0) is 10.3. The van der Waals surface area contributed by atoms with E-state index in [1.54, 1.807) is 0 Å². The number of carbonyl (C=O) groups excluding carboxylic acids is 1. The number of carbonyl (C=O) groups is 1. The zero-order valence-corrected chi connectivity index (χ0v) is 8.10. The van der Waals surface area contributed by atoms with Crippen molar-refractivity contribution < 1.29 is 13.9 Å². The molecule has 0 radical (unpaired) electrons. The average Bonchev–Trinajstić information content (AvgIpc) is 2.82. The summed E-state index contributed by atoms with van der Waals surface area (Å²) >= 11 is 0. The molecule has 0 aliphatic carbocycles. The van der Waals surface area contributed by atoms with Crippen molar-refractivity contribution in [3.63, 3.8) is 0 Å². The molecule has 0 unspecified atom stereocenters. The highest BCUT2D eigenvalue weighted by molar-refractivity contribution is 5.78. The first-order valence-corrected chi connectivity index (χ1v) is 4.97. The number of hydrogen-bond acceptors (Lipinski definition) is 3. The van der Waals surface area contributed by atoms with Crippen LogP contribution in [0.25, 0.3) is 11.0 Å². The molecule has 3 nitrogen and oxygen atoms in total. The van der Waals surface area contributed by atoms with Crippen molar-refractivity contribution in [1.82, 2.24) is 0 Å². The monoisotopic (exact) mass is 202 g/mol. The summed E-state index contributed by atoms with van der Waals surface area (Å²) in [4.78, 5) is 11.0. The molecule has 1 fully saturated rings. The van der Waals surface area contributed by atoms with Crippen molar-refractivity contribution in [1.29, 1.82) is 0 Å². The molecule has 0 bridgehead atoms. The van der Waals surface area contributed by atoms with Gasteiger partial charge in [0.05, 0.1) is 12.3 Å². The van der Waals surface area contributed by atoms with Gasteiger partial charge in [-0.3, -0.25) is 4.79 Å². The second kappa shape index (κ2) is 3.12. The van der Waals surface area contributed by atoms with Crippen LogP contribution in [-0.2, 0) is 9.53 Å². The fourth-order valence-corrected chi connectivity index (χ4v) is 1.90. The Morgan fingerprint density at radius 2 is 2.13 bits per heavy atom. The van der Waals surface area contributed by atoms with E-state index in [0.29, 0.717) is 13.0 Å². The number of furan rings is 1. The summed E-state index contributed by atoms with van der Waals surface area (Å²) in [6.07, 6.45) is 0.430. The summed E-state index contributed by atoms with van der Waals surface area (Å²) in [5.41, 5.74) is 0.867. The fraction of sp³-hybridized carbons (Fsp3) is 0.250. The van der Waals surface area contributed by atoms with Crippen LogP contribution in [0.15, 0.2) is 34.7 Å². The highest BCUT2D eigenvalue weighted by atomic mass is 16.5. The molecular weight excluding hydrogens is 192 g/mol. The van der Waals surface area contributed by atoms with E-state index in [9.17, 15) is 4.79 Å². The minimum atomic E-state index is -0.138. The van der Waals surface area contributed by atoms with Gasteiger partial charge in [0.25, 0.3) is 0 Å². The molecule has 2 heterocycles. The van der Waals surface area contributed by atoms with E-state index < -0.39 is 0 Å². The van der Waals surface area contributed by atoms with Gasteiger partial charge in [0.1, 0.15) is 18.0 Å². The van der Waals surface area contributed by atoms with Crippen molar-refractivity contribution >= 4 is 16.9 Å². The maximum atomic E-state index is 11.0. The molecule has 76 valence electrons. The molecule has 15 heavy (non-hydrogen) atoms. The zero-order valence-electron chi connectivity index (χ0n) is 8.10. The summed E-state index contributed by atoms with van der Waals surface area (Å²) in [6.45, 7) is 0.443. The molecule has 1 aliphatic heterocycles. The van der Waals surface area contributed by atoms with Crippen LogP contribution in [0.3, 0.4) is 0 Å². The van der Waals surface area contributed by atoms with E-state index in [1.807, 2.05) is 30.3 Å². The standard InChI is InChI=1S/C12H10O3/c13-12-6-9(7-14-12)11-5-8-3-1-2-4-10(8)15-11/h1-5,9H,6-7H2/t9-/m0/s1. The maximum absolute atomic E-state index is 11.0. The van der Waals surface area contributed by atoms with Gasteiger partial charge in [-0.2, -0.15) is 0 Å². The van der Waals surface area contributed by atoms with Gasteiger partial charge in [-0.25, -0.2) is 0 Å². The molecular formula is C12H10O3. The fourth-order valence-electron chi connectivity index (χ4n) is 1.90. The van der Waals surface area contributed by atoms with E-state index in [1.165, 1.54) is 0 Å². The van der Waals surface area contributed by atoms with Crippen LogP contribution in [0.5, 0.6) is 0 Å². The van der Waals surface area contributed by atoms with E-state index in [4.69, 9.17) is 9.15 Å². The lowest BCUT2D eigenvalue weighted by atomic mass is 10.1. The lowest BCUT2D eigenvalue weighted by Crippen LogP contribution is -1.94. The van der Waals surface area contributed by atoms with Crippen LogP contribution in [0.1, 0.15) is 18.1 Å². The van der Waals surface area contributed by atoms with Gasteiger partial charge in [0, 0.05) is 5.39 Å². The first-order valence-electron chi connectivity index (χ1n) is 4.97. The lowest BCUT2D eigenvalue weighted by molar-refractivity contribution is -0.137. The van der Waals surface area contributed by atoms with E-state index in [-0.39, 0.29) is 11.9 Å². The predicted molar refractivity (Wildman–Crippen MR) is 54.5 cm³/mol. The first kappa shape index (κ1) is 8.53. The number of hydrogen-bond donors (Lipinski definition) is 0. The molecule has 2 aromatic rings. The molecule has 0 saturated carbocycles. The molecule has 1 atom stereocenters. The Kier molecular flexibility index (Phi) is 1.78. The van der Waals surface area contributed by atoms with E-state index in [2.05, 4.69) is 0 Å². The summed E-state index contributed by atoms with van der Waals surface area (Å²) in [5.74, 6) is 0.799. The number of para-hydroxylation sites is 1. The minimum absolute atomic E-state index is 0.0879. The number of ether oxygens (including phenoxy) is 1. The van der Waals surface area contributed by atoms with Crippen molar-refractivity contribution in [3.8, 4) is 0 Å². The van der Waals surface area contributed by atoms with Gasteiger partial charge in [-0.15, -0.1) is 0 Å². The van der Waals surface area contributed by atoms with Gasteiger partial charge in [0.15, 0.2) is 0 Å². The van der Waals surface area contributed by atoms with Crippen molar-refractivity contribution in [2.75, 3.05) is 6.61 Å². The van der Waals surface area contributed by atoms with E-state index >= 15 is 0 Å². The quantitative estimate of drug-likeness (QED) is 0.667. The molecule has 3 rings (SSSR count). The summed E-state index contributed by atoms with van der Waals surface area (Å²) in [5, 5.41) is 1.08. The number of fused-ring (bicyclic) bond motifs is 1. The molecule has 0 N–H and O–H groups in total. The molecule has 0 spiro atoms. The lowest BCUT2D eigenvalue weighted by Gasteiger charge is -1.98. The molecule has 1 aliphatic rings. The third kappa shape index (κ3) is 1.40. The highest BCUT2D eigenvalue weighted by Gasteiger charge is 2.27. The SMILES string of the molecule is O=C1C[C@H](c2cc3ccccc3o2)CO1. The van der Waals surface area contributed by atoms with Crippen molar-refractivity contribution in [2.45, 2.75) is 12.3 Å². The summed E-state index contributed by atoms with van der Waals surface area (Å²) in [7, 11) is 0. The van der Waals surface area contributed by atoms with Gasteiger partial charge >= 0.3 is 5.97 Å². The van der Waals surface area contributed by atoms with Gasteiger partial charge in [0.2, 0.25) is 0 Å². The highest BCUT2D eigenvalue weighted by Crippen LogP contribution is 2.30. The maximum Gasteiger partial charge on any atom is 0.306 e. The summed E-state index contributed by atoms with van der Waals surface area (Å²) < 4.78 is 10.6. The second-order valence-electron chi connectivity index (χ2n) is 3.77. The second-order valence-corrected chi connectivity index (χ2v) is 3.77. The molecule has 1 aromatic carbocycles. The Hall–Kier alpha value is -1.77. The average molecular weight is 202 g/mol. The summed E-state index contributed by atoms with van der Waals surface area (Å²) in [6, 6.07) is 9.82. The Morgan fingerprint density at radius 3 is 2.87 bits per heavy atom. The predicted octanol–water partition coefficient (Wildman–Crippen LogP) is 2.46. The minimum Gasteiger partial charge on any atom is -0.465 e. The molecule has 1 saturated heterocycles. The Bertz CT molecular complexity index is 479. The Morgan fingerprint density at radius 1 is 1.27 bits per heavy atom. The van der Waals surface area contributed by atoms with Gasteiger partial charge in [-0.05, 0) is 12.1 Å². The number of cyclic esters (lactones) is 1. The van der Waals surface area contributed by atoms with E-state index in [0.717, 1.165) is 16.7 Å². The van der Waals surface area contributed by atoms with Crippen LogP contribution in [-0.4, -0.2) is 12.6 Å². The molecule has 1 aromatic heterocycles. The number of esters is 1. The van der Waals surface area contributed by atoms with Crippen LogP contribution in [0.4, 0.5) is 0 Å². The number of rotatable bonds is 1. The van der Waals surface area contributed by atoms with Crippen LogP contribution in [0, 0.1) is 0 Å². The Labute approximate surface area is 86.6 Å². The van der Waals surface area contributed by atoms with Crippen molar-refractivity contribution in [3.05, 3.63) is 36.1 Å². The normalized spacial score (nSPS) is 20.8. The first-order chi connectivity index (χ1) is 7.33. The third-order valence-electron chi connectivity index (χ3n) is 2.71. The molecule has 3 heteroatoms. The van der Waals surface area contributed by atoms with Crippen LogP contribution >= 0.6 is 0 Å². The topological polar surface area (TPSA) is 39.4 Å². The molecule has 0 amide bonds. The van der Waals surface area contributed by atoms with Crippen molar-refractivity contribution in [2.24, 2.45) is 0 Å². The van der Waals surface area contributed by atoms with Gasteiger partial charge in [-0.1, -0.05) is 18.2 Å². The Balaban J connectivity index is 2.01. The largest absolute Gasteiger partial charge is 0.465 e. The smallest absolute Gasteiger partial charge is 0.306 e. The van der Waals surface area contributed by atoms with Crippen LogP contribution in [0.2, 0.25) is 0 Å². The third-order valence-corrected chi connectivity index (χ3v) is 2.71. The van der Waals surface area contributed by atoms with Crippen LogP contribution < -0.4 is 0 Å². The number of benzene rings is 1.